The van der Waals surface area contributed by atoms with Gasteiger partial charge in [-0.05, 0) is 63.9 Å². The smallest absolute Gasteiger partial charge is 0.122 e. The molecule has 0 fully saturated rings. The second-order valence-electron chi connectivity index (χ2n) is 5.06. The highest BCUT2D eigenvalue weighted by Gasteiger charge is 2.18. The van der Waals surface area contributed by atoms with Gasteiger partial charge < -0.3 is 10.1 Å². The van der Waals surface area contributed by atoms with Gasteiger partial charge in [0.2, 0.25) is 0 Å². The van der Waals surface area contributed by atoms with Crippen molar-refractivity contribution in [1.29, 1.82) is 0 Å². The van der Waals surface area contributed by atoms with Crippen molar-refractivity contribution in [3.05, 3.63) is 28.8 Å². The summed E-state index contributed by atoms with van der Waals surface area (Å²) in [6.45, 7) is 8.65. The van der Waals surface area contributed by atoms with Crippen LogP contribution in [0.2, 0.25) is 0 Å². The third-order valence-electron chi connectivity index (χ3n) is 3.21. The van der Waals surface area contributed by atoms with Gasteiger partial charge in [0.15, 0.2) is 0 Å². The standard InChI is InChI=1S/C14H23NO/c1-10-7-12(9-14(3,4)15-5)13(16-6)8-11(10)2/h7-8,15H,9H2,1-6H3. The minimum Gasteiger partial charge on any atom is -0.496 e. The maximum atomic E-state index is 5.44. The van der Waals surface area contributed by atoms with Crippen molar-refractivity contribution in [2.45, 2.75) is 39.7 Å². The lowest BCUT2D eigenvalue weighted by Gasteiger charge is -2.25. The van der Waals surface area contributed by atoms with Crippen LogP contribution in [0, 0.1) is 13.8 Å². The molecule has 1 aromatic rings. The first kappa shape index (κ1) is 13.0. The molecule has 0 saturated heterocycles. The molecule has 0 radical (unpaired) electrons. The van der Waals surface area contributed by atoms with Crippen molar-refractivity contribution < 1.29 is 4.74 Å². The molecule has 0 heterocycles. The van der Waals surface area contributed by atoms with Gasteiger partial charge in [-0.15, -0.1) is 0 Å². The topological polar surface area (TPSA) is 21.3 Å². The maximum Gasteiger partial charge on any atom is 0.122 e. The van der Waals surface area contributed by atoms with Crippen LogP contribution in [0.1, 0.15) is 30.5 Å². The van der Waals surface area contributed by atoms with Crippen LogP contribution < -0.4 is 10.1 Å². The molecular weight excluding hydrogens is 198 g/mol. The number of hydrogen-bond donors (Lipinski definition) is 1. The average Bonchev–Trinajstić information content (AvgIpc) is 2.22. The van der Waals surface area contributed by atoms with E-state index in [-0.39, 0.29) is 5.54 Å². The van der Waals surface area contributed by atoms with Crippen LogP contribution in [-0.2, 0) is 6.42 Å². The number of nitrogens with one attached hydrogen (secondary N) is 1. The predicted octanol–water partition coefficient (Wildman–Crippen LogP) is 2.85. The summed E-state index contributed by atoms with van der Waals surface area (Å²) in [6.07, 6.45) is 0.966. The molecule has 0 aliphatic carbocycles. The maximum absolute atomic E-state index is 5.44. The van der Waals surface area contributed by atoms with Gasteiger partial charge in [0.05, 0.1) is 7.11 Å². The first-order valence-corrected chi connectivity index (χ1v) is 5.72. The van der Waals surface area contributed by atoms with Crippen molar-refractivity contribution in [1.82, 2.24) is 5.32 Å². The van der Waals surface area contributed by atoms with Crippen LogP contribution in [0.3, 0.4) is 0 Å². The Morgan fingerprint density at radius 1 is 1.19 bits per heavy atom. The van der Waals surface area contributed by atoms with E-state index in [9.17, 15) is 0 Å². The van der Waals surface area contributed by atoms with E-state index in [2.05, 4.69) is 45.1 Å². The van der Waals surface area contributed by atoms with Crippen molar-refractivity contribution in [2.24, 2.45) is 0 Å². The normalized spacial score (nSPS) is 11.6. The van der Waals surface area contributed by atoms with E-state index in [1.165, 1.54) is 16.7 Å². The summed E-state index contributed by atoms with van der Waals surface area (Å²) in [6, 6.07) is 4.35. The van der Waals surface area contributed by atoms with Crippen LogP contribution in [0.4, 0.5) is 0 Å². The minimum atomic E-state index is 0.0922. The van der Waals surface area contributed by atoms with Gasteiger partial charge in [-0.1, -0.05) is 6.07 Å². The molecule has 2 heteroatoms. The Hall–Kier alpha value is -1.02. The highest BCUT2D eigenvalue weighted by molar-refractivity contribution is 5.42. The fraction of sp³-hybridized carbons (Fsp3) is 0.571. The number of aryl methyl sites for hydroxylation is 2. The second kappa shape index (κ2) is 4.88. The summed E-state index contributed by atoms with van der Waals surface area (Å²) in [7, 11) is 3.73. The lowest BCUT2D eigenvalue weighted by Crippen LogP contribution is -2.38. The zero-order valence-electron chi connectivity index (χ0n) is 11.3. The number of hydrogen-bond acceptors (Lipinski definition) is 2. The zero-order chi connectivity index (χ0) is 12.3. The molecule has 0 aromatic heterocycles. The number of benzene rings is 1. The SMILES string of the molecule is CNC(C)(C)Cc1cc(C)c(C)cc1OC. The van der Waals surface area contributed by atoms with E-state index >= 15 is 0 Å². The van der Waals surface area contributed by atoms with E-state index < -0.39 is 0 Å². The monoisotopic (exact) mass is 221 g/mol. The Kier molecular flexibility index (Phi) is 3.98. The second-order valence-corrected chi connectivity index (χ2v) is 5.06. The quantitative estimate of drug-likeness (QED) is 0.844. The van der Waals surface area contributed by atoms with Crippen LogP contribution in [0.25, 0.3) is 0 Å². The van der Waals surface area contributed by atoms with Gasteiger partial charge >= 0.3 is 0 Å². The van der Waals surface area contributed by atoms with Gasteiger partial charge in [-0.2, -0.15) is 0 Å². The molecule has 1 N–H and O–H groups in total. The summed E-state index contributed by atoms with van der Waals surface area (Å²) < 4.78 is 5.44. The molecular formula is C14H23NO. The molecule has 0 amide bonds. The third kappa shape index (κ3) is 2.99. The van der Waals surface area contributed by atoms with Gasteiger partial charge in [-0.25, -0.2) is 0 Å². The van der Waals surface area contributed by atoms with E-state index in [1.807, 2.05) is 7.05 Å². The minimum absolute atomic E-state index is 0.0922. The summed E-state index contributed by atoms with van der Waals surface area (Å²) >= 11 is 0. The Morgan fingerprint density at radius 3 is 2.25 bits per heavy atom. The van der Waals surface area contributed by atoms with Gasteiger partial charge in [0.1, 0.15) is 5.75 Å². The van der Waals surface area contributed by atoms with Crippen molar-refractivity contribution in [3.63, 3.8) is 0 Å². The predicted molar refractivity (Wildman–Crippen MR) is 69.3 cm³/mol. The van der Waals surface area contributed by atoms with Crippen LogP contribution in [0.5, 0.6) is 5.75 Å². The molecule has 0 spiro atoms. The molecule has 0 atom stereocenters. The summed E-state index contributed by atoms with van der Waals surface area (Å²) in [5.74, 6) is 0.992. The Bertz CT molecular complexity index is 369. The van der Waals surface area contributed by atoms with E-state index in [1.54, 1.807) is 7.11 Å². The Morgan fingerprint density at radius 2 is 1.75 bits per heavy atom. The third-order valence-corrected chi connectivity index (χ3v) is 3.21. The molecule has 0 saturated carbocycles. The van der Waals surface area contributed by atoms with Gasteiger partial charge in [-0.3, -0.25) is 0 Å². The fourth-order valence-corrected chi connectivity index (χ4v) is 1.74. The average molecular weight is 221 g/mol. The fourth-order valence-electron chi connectivity index (χ4n) is 1.74. The molecule has 2 nitrogen and oxygen atoms in total. The van der Waals surface area contributed by atoms with Crippen LogP contribution in [-0.4, -0.2) is 19.7 Å². The number of likely N-dealkylation sites (N-methyl/N-ethyl adjacent to an activating group) is 1. The highest BCUT2D eigenvalue weighted by Crippen LogP contribution is 2.26. The lowest BCUT2D eigenvalue weighted by atomic mass is 9.92. The lowest BCUT2D eigenvalue weighted by molar-refractivity contribution is 0.386. The van der Waals surface area contributed by atoms with Crippen LogP contribution >= 0.6 is 0 Å². The molecule has 90 valence electrons. The van der Waals surface area contributed by atoms with Crippen molar-refractivity contribution >= 4 is 0 Å². The van der Waals surface area contributed by atoms with Gasteiger partial charge in [0.25, 0.3) is 0 Å². The Labute approximate surface area is 99.0 Å². The van der Waals surface area contributed by atoms with Crippen LogP contribution in [0.15, 0.2) is 12.1 Å². The molecule has 0 bridgehead atoms. The molecule has 0 aliphatic rings. The number of ether oxygens (including phenoxy) is 1. The largest absolute Gasteiger partial charge is 0.496 e. The summed E-state index contributed by atoms with van der Waals surface area (Å²) in [5.41, 5.74) is 3.96. The molecule has 0 unspecified atom stereocenters. The first-order chi connectivity index (χ1) is 7.39. The Balaban J connectivity index is 3.08. The summed E-state index contributed by atoms with van der Waals surface area (Å²) in [4.78, 5) is 0. The zero-order valence-corrected chi connectivity index (χ0v) is 11.3. The highest BCUT2D eigenvalue weighted by atomic mass is 16.5. The molecule has 1 rings (SSSR count). The van der Waals surface area contributed by atoms with E-state index in [0.29, 0.717) is 0 Å². The molecule has 1 aromatic carbocycles. The number of rotatable bonds is 4. The van der Waals surface area contributed by atoms with E-state index in [0.717, 1.165) is 12.2 Å². The van der Waals surface area contributed by atoms with Crippen molar-refractivity contribution in [3.8, 4) is 5.75 Å². The number of methoxy groups -OCH3 is 1. The first-order valence-electron chi connectivity index (χ1n) is 5.72. The van der Waals surface area contributed by atoms with E-state index in [4.69, 9.17) is 4.74 Å². The van der Waals surface area contributed by atoms with Crippen molar-refractivity contribution in [2.75, 3.05) is 14.2 Å². The van der Waals surface area contributed by atoms with Gasteiger partial charge in [0, 0.05) is 5.54 Å². The molecule has 16 heavy (non-hydrogen) atoms. The summed E-state index contributed by atoms with van der Waals surface area (Å²) in [5, 5.41) is 3.32. The molecule has 0 aliphatic heterocycles.